The fourth-order valence-electron chi connectivity index (χ4n) is 3.38. The third kappa shape index (κ3) is 4.18. The van der Waals surface area contributed by atoms with Gasteiger partial charge in [-0.1, -0.05) is 58.0 Å². The van der Waals surface area contributed by atoms with Gasteiger partial charge in [-0.05, 0) is 35.1 Å². The minimum Gasteiger partial charge on any atom is -0.324 e. The van der Waals surface area contributed by atoms with E-state index in [0.717, 1.165) is 21.8 Å². The van der Waals surface area contributed by atoms with E-state index in [9.17, 15) is 18.0 Å². The molecule has 0 bridgehead atoms. The van der Waals surface area contributed by atoms with Crippen LogP contribution in [0.15, 0.2) is 47.4 Å². The Morgan fingerprint density at radius 1 is 1.00 bits per heavy atom. The van der Waals surface area contributed by atoms with Gasteiger partial charge >= 0.3 is 0 Å². The number of carbonyl (C=O) groups excluding carboxylic acids is 2. The molecule has 0 saturated carbocycles. The summed E-state index contributed by atoms with van der Waals surface area (Å²) in [5, 5.41) is 3.73. The van der Waals surface area contributed by atoms with Gasteiger partial charge in [0.05, 0.1) is 10.5 Å². The molecule has 0 aliphatic carbocycles. The fraction of sp³-hybridized carbons (Fsp3) is 0.333. The van der Waals surface area contributed by atoms with Gasteiger partial charge in [-0.25, -0.2) is 8.42 Å². The molecule has 1 heterocycles. The highest BCUT2D eigenvalue weighted by Gasteiger charge is 2.35. The van der Waals surface area contributed by atoms with Crippen LogP contribution in [-0.4, -0.2) is 31.8 Å². The summed E-state index contributed by atoms with van der Waals surface area (Å²) in [4.78, 5) is 27.5. The van der Waals surface area contributed by atoms with Crippen LogP contribution in [0.1, 0.15) is 61.0 Å². The normalized spacial score (nSPS) is 15.5. The van der Waals surface area contributed by atoms with Crippen molar-refractivity contribution < 1.29 is 18.0 Å². The second-order valence-electron chi connectivity index (χ2n) is 7.65. The summed E-state index contributed by atoms with van der Waals surface area (Å²) < 4.78 is 24.8. The minimum absolute atomic E-state index is 0.0458. The number of amides is 2. The van der Waals surface area contributed by atoms with Crippen molar-refractivity contribution in [3.63, 3.8) is 0 Å². The van der Waals surface area contributed by atoms with Crippen LogP contribution in [0.4, 0.5) is 5.69 Å². The fourth-order valence-corrected chi connectivity index (χ4v) is 4.62. The van der Waals surface area contributed by atoms with Gasteiger partial charge in [0.2, 0.25) is 5.91 Å². The molecule has 1 aliphatic heterocycles. The maximum atomic E-state index is 12.8. The molecule has 0 fully saturated rings. The molecule has 3 rings (SSSR count). The molecule has 7 nitrogen and oxygen atoms in total. The maximum absolute atomic E-state index is 12.8. The quantitative estimate of drug-likeness (QED) is 0.784. The number of benzene rings is 2. The summed E-state index contributed by atoms with van der Waals surface area (Å²) in [5.41, 5.74) is 2.74. The zero-order valence-corrected chi connectivity index (χ0v) is 17.7. The van der Waals surface area contributed by atoms with Crippen molar-refractivity contribution in [1.29, 1.82) is 0 Å². The summed E-state index contributed by atoms with van der Waals surface area (Å²) >= 11 is 0. The van der Waals surface area contributed by atoms with E-state index < -0.39 is 28.4 Å². The van der Waals surface area contributed by atoms with Gasteiger partial charge < -0.3 is 5.32 Å². The molecule has 2 N–H and O–H groups in total. The molecule has 0 unspecified atom stereocenters. The first-order valence-corrected chi connectivity index (χ1v) is 11.0. The van der Waals surface area contributed by atoms with E-state index in [1.54, 1.807) is 12.1 Å². The van der Waals surface area contributed by atoms with E-state index in [1.807, 2.05) is 45.9 Å². The summed E-state index contributed by atoms with van der Waals surface area (Å²) in [5.74, 6) is -0.667. The van der Waals surface area contributed by atoms with Crippen molar-refractivity contribution in [3.8, 4) is 0 Å². The first kappa shape index (κ1) is 21.0. The van der Waals surface area contributed by atoms with Crippen molar-refractivity contribution in [3.05, 3.63) is 59.2 Å². The highest BCUT2D eigenvalue weighted by molar-refractivity contribution is 7.89. The lowest BCUT2D eigenvalue weighted by atomic mass is 9.92. The van der Waals surface area contributed by atoms with Crippen LogP contribution in [0.3, 0.4) is 0 Å². The highest BCUT2D eigenvalue weighted by Crippen LogP contribution is 2.32. The van der Waals surface area contributed by atoms with Crippen LogP contribution in [0.5, 0.6) is 0 Å². The van der Waals surface area contributed by atoms with Crippen molar-refractivity contribution in [1.82, 2.24) is 9.84 Å². The van der Waals surface area contributed by atoms with Crippen molar-refractivity contribution in [2.45, 2.75) is 44.4 Å². The molecule has 0 radical (unpaired) electrons. The van der Waals surface area contributed by atoms with Crippen molar-refractivity contribution in [2.24, 2.45) is 0 Å². The average molecular weight is 416 g/mol. The first-order chi connectivity index (χ1) is 13.6. The average Bonchev–Trinajstić information content (AvgIpc) is 2.65. The Kier molecular flexibility index (Phi) is 5.77. The predicted molar refractivity (Wildman–Crippen MR) is 111 cm³/mol. The molecular formula is C21H25N3O4S. The molecule has 2 amide bonds. The maximum Gasteiger partial charge on any atom is 0.270 e. The second-order valence-corrected chi connectivity index (χ2v) is 9.28. The van der Waals surface area contributed by atoms with Gasteiger partial charge in [0, 0.05) is 5.69 Å². The number of hydrogen-bond donors (Lipinski definition) is 2. The smallest absolute Gasteiger partial charge is 0.270 e. The second kappa shape index (κ2) is 7.96. The Hall–Kier alpha value is -2.71. The molecule has 2 aromatic rings. The third-order valence-corrected chi connectivity index (χ3v) is 6.22. The number of carbonyl (C=O) groups is 2. The number of hydrogen-bond acceptors (Lipinski definition) is 4. The van der Waals surface area contributed by atoms with Crippen LogP contribution >= 0.6 is 0 Å². The van der Waals surface area contributed by atoms with Gasteiger partial charge in [0.25, 0.3) is 15.9 Å². The topological polar surface area (TPSA) is 95.6 Å². The third-order valence-electron chi connectivity index (χ3n) is 4.82. The number of fused-ring (bicyclic) bond motifs is 1. The SMILES string of the molecule is CC(C)c1cccc(C(C)C)c1NC(=O)CN1NS(=O)(=O)c2ccccc2C1=O. The lowest BCUT2D eigenvalue weighted by Crippen LogP contribution is -2.53. The monoisotopic (exact) mass is 415 g/mol. The Morgan fingerprint density at radius 2 is 1.59 bits per heavy atom. The molecule has 8 heteroatoms. The molecule has 29 heavy (non-hydrogen) atoms. The number of nitrogens with zero attached hydrogens (tertiary/aromatic N) is 1. The number of hydrazine groups is 1. The van der Waals surface area contributed by atoms with E-state index in [2.05, 4.69) is 10.1 Å². The predicted octanol–water partition coefficient (Wildman–Crippen LogP) is 3.22. The molecule has 2 aromatic carbocycles. The van der Waals surface area contributed by atoms with Crippen molar-refractivity contribution >= 4 is 27.5 Å². The molecule has 0 spiro atoms. The van der Waals surface area contributed by atoms with Crippen LogP contribution in [0, 0.1) is 0 Å². The summed E-state index contributed by atoms with van der Waals surface area (Å²) in [6.07, 6.45) is 0. The minimum atomic E-state index is -3.91. The van der Waals surface area contributed by atoms with Crippen molar-refractivity contribution in [2.75, 3.05) is 11.9 Å². The van der Waals surface area contributed by atoms with E-state index in [-0.39, 0.29) is 22.3 Å². The largest absolute Gasteiger partial charge is 0.324 e. The van der Waals surface area contributed by atoms with E-state index in [0.29, 0.717) is 0 Å². The molecular weight excluding hydrogens is 390 g/mol. The Balaban J connectivity index is 1.87. The van der Waals surface area contributed by atoms with E-state index in [4.69, 9.17) is 0 Å². The Morgan fingerprint density at radius 3 is 2.17 bits per heavy atom. The molecule has 0 saturated heterocycles. The number of rotatable bonds is 5. The van der Waals surface area contributed by atoms with Gasteiger partial charge in [0.1, 0.15) is 6.54 Å². The number of nitrogens with one attached hydrogen (secondary N) is 2. The molecule has 0 atom stereocenters. The van der Waals surface area contributed by atoms with Gasteiger partial charge in [-0.3, -0.25) is 14.6 Å². The van der Waals surface area contributed by atoms with Crippen LogP contribution < -0.4 is 10.1 Å². The molecule has 1 aliphatic rings. The molecule has 0 aromatic heterocycles. The number of para-hydroxylation sites is 1. The van der Waals surface area contributed by atoms with Crippen LogP contribution in [-0.2, 0) is 14.8 Å². The summed E-state index contributed by atoms with van der Waals surface area (Å²) in [6.45, 7) is 7.71. The Labute approximate surface area is 171 Å². The zero-order chi connectivity index (χ0) is 21.3. The van der Waals surface area contributed by atoms with Gasteiger partial charge in [0.15, 0.2) is 0 Å². The summed E-state index contributed by atoms with van der Waals surface area (Å²) in [6, 6.07) is 11.8. The highest BCUT2D eigenvalue weighted by atomic mass is 32.2. The van der Waals surface area contributed by atoms with E-state index >= 15 is 0 Å². The van der Waals surface area contributed by atoms with Crippen LogP contribution in [0.25, 0.3) is 0 Å². The Bertz CT molecular complexity index is 1040. The van der Waals surface area contributed by atoms with Gasteiger partial charge in [-0.15, -0.1) is 4.83 Å². The molecule has 154 valence electrons. The lowest BCUT2D eigenvalue weighted by molar-refractivity contribution is -0.117. The lowest BCUT2D eigenvalue weighted by Gasteiger charge is -2.28. The first-order valence-electron chi connectivity index (χ1n) is 9.47. The number of sulfonamides is 1. The van der Waals surface area contributed by atoms with E-state index in [1.165, 1.54) is 12.1 Å². The standard InChI is InChI=1S/C21H25N3O4S/c1-13(2)15-9-7-10-16(14(3)4)20(15)22-19(25)12-24-21(26)17-8-5-6-11-18(17)29(27,28)23-24/h5-11,13-14,23H,12H2,1-4H3,(H,22,25). The van der Waals surface area contributed by atoms with Crippen LogP contribution in [0.2, 0.25) is 0 Å². The number of anilines is 1. The summed E-state index contributed by atoms with van der Waals surface area (Å²) in [7, 11) is -3.91. The van der Waals surface area contributed by atoms with Gasteiger partial charge in [-0.2, -0.15) is 0 Å². The zero-order valence-electron chi connectivity index (χ0n) is 16.9.